The van der Waals surface area contributed by atoms with Crippen molar-refractivity contribution in [2.75, 3.05) is 5.32 Å². The van der Waals surface area contributed by atoms with Crippen LogP contribution in [0.3, 0.4) is 0 Å². The summed E-state index contributed by atoms with van der Waals surface area (Å²) in [5, 5.41) is 6.26. The van der Waals surface area contributed by atoms with Crippen molar-refractivity contribution in [2.24, 2.45) is 0 Å². The third-order valence-corrected chi connectivity index (χ3v) is 3.14. The number of urea groups is 1. The van der Waals surface area contributed by atoms with Crippen molar-refractivity contribution in [3.8, 4) is 0 Å². The first-order valence-corrected chi connectivity index (χ1v) is 6.54. The molecule has 0 atom stereocenters. The van der Waals surface area contributed by atoms with Gasteiger partial charge in [-0.15, -0.1) is 0 Å². The van der Waals surface area contributed by atoms with E-state index in [2.05, 4.69) is 10.6 Å². The summed E-state index contributed by atoms with van der Waals surface area (Å²) < 4.78 is 12.7. The molecule has 0 spiro atoms. The van der Waals surface area contributed by atoms with E-state index in [1.165, 1.54) is 24.3 Å². The topological polar surface area (TPSA) is 41.1 Å². The van der Waals surface area contributed by atoms with Crippen LogP contribution in [0.2, 0.25) is 10.0 Å². The Morgan fingerprint density at radius 2 is 1.80 bits per heavy atom. The molecule has 104 valence electrons. The Labute approximate surface area is 125 Å². The van der Waals surface area contributed by atoms with Crippen LogP contribution in [0, 0.1) is 5.82 Å². The van der Waals surface area contributed by atoms with Gasteiger partial charge in [-0.2, -0.15) is 0 Å². The minimum Gasteiger partial charge on any atom is -0.334 e. The van der Waals surface area contributed by atoms with Crippen LogP contribution in [-0.4, -0.2) is 6.03 Å². The maximum Gasteiger partial charge on any atom is 0.319 e. The Morgan fingerprint density at radius 1 is 1.10 bits per heavy atom. The van der Waals surface area contributed by atoms with Crippen LogP contribution in [0.5, 0.6) is 0 Å². The second kappa shape index (κ2) is 6.59. The molecule has 0 radical (unpaired) electrons. The molecule has 0 saturated heterocycles. The maximum absolute atomic E-state index is 12.7. The molecule has 20 heavy (non-hydrogen) atoms. The van der Waals surface area contributed by atoms with Crippen molar-refractivity contribution in [3.63, 3.8) is 0 Å². The summed E-state index contributed by atoms with van der Waals surface area (Å²) >= 11 is 11.8. The third-order valence-electron chi connectivity index (χ3n) is 2.56. The first-order chi connectivity index (χ1) is 9.54. The van der Waals surface area contributed by atoms with E-state index in [-0.39, 0.29) is 12.4 Å². The maximum atomic E-state index is 12.7. The van der Waals surface area contributed by atoms with Crippen LogP contribution in [-0.2, 0) is 6.54 Å². The van der Waals surface area contributed by atoms with Crippen molar-refractivity contribution in [3.05, 3.63) is 63.9 Å². The highest BCUT2D eigenvalue weighted by Crippen LogP contribution is 2.20. The summed E-state index contributed by atoms with van der Waals surface area (Å²) in [6.45, 7) is 0.267. The lowest BCUT2D eigenvalue weighted by Gasteiger charge is -2.09. The lowest BCUT2D eigenvalue weighted by atomic mass is 10.2. The number of halogens is 3. The van der Waals surface area contributed by atoms with Gasteiger partial charge in [0.2, 0.25) is 0 Å². The van der Waals surface area contributed by atoms with Crippen LogP contribution < -0.4 is 10.6 Å². The lowest BCUT2D eigenvalue weighted by Crippen LogP contribution is -2.28. The molecule has 2 rings (SSSR count). The minimum atomic E-state index is -0.400. The molecule has 3 nitrogen and oxygen atoms in total. The van der Waals surface area contributed by atoms with Gasteiger partial charge in [0.25, 0.3) is 0 Å². The molecule has 2 amide bonds. The van der Waals surface area contributed by atoms with Crippen molar-refractivity contribution in [2.45, 2.75) is 6.54 Å². The van der Waals surface area contributed by atoms with E-state index in [1.54, 1.807) is 18.2 Å². The molecule has 2 N–H and O–H groups in total. The zero-order valence-electron chi connectivity index (χ0n) is 10.3. The fourth-order valence-corrected chi connectivity index (χ4v) is 2.02. The van der Waals surface area contributed by atoms with Gasteiger partial charge < -0.3 is 10.6 Å². The number of carbonyl (C=O) groups excluding carboxylic acids is 1. The van der Waals surface area contributed by atoms with Gasteiger partial charge in [0.05, 0.1) is 0 Å². The molecular formula is C14H11Cl2FN2O. The number of hydrogen-bond donors (Lipinski definition) is 2. The van der Waals surface area contributed by atoms with Gasteiger partial charge in [-0.05, 0) is 42.0 Å². The molecule has 0 aliphatic heterocycles. The Morgan fingerprint density at radius 3 is 2.45 bits per heavy atom. The first kappa shape index (κ1) is 14.6. The molecule has 0 heterocycles. The standard InChI is InChI=1S/C14H11Cl2FN2O/c15-10-2-1-9(13(16)7-10)8-18-14(20)19-12-5-3-11(17)4-6-12/h1-7H,8H2,(H2,18,19,20). The quantitative estimate of drug-likeness (QED) is 0.863. The van der Waals surface area contributed by atoms with E-state index < -0.39 is 6.03 Å². The van der Waals surface area contributed by atoms with Gasteiger partial charge in [-0.3, -0.25) is 0 Å². The monoisotopic (exact) mass is 312 g/mol. The highest BCUT2D eigenvalue weighted by atomic mass is 35.5. The van der Waals surface area contributed by atoms with E-state index in [0.29, 0.717) is 15.7 Å². The Hall–Kier alpha value is -1.78. The summed E-state index contributed by atoms with van der Waals surface area (Å²) in [7, 11) is 0. The van der Waals surface area contributed by atoms with Crippen LogP contribution in [0.4, 0.5) is 14.9 Å². The number of benzene rings is 2. The summed E-state index contributed by atoms with van der Waals surface area (Å²) in [6.07, 6.45) is 0. The van der Waals surface area contributed by atoms with Crippen LogP contribution in [0.25, 0.3) is 0 Å². The number of amides is 2. The highest BCUT2D eigenvalue weighted by molar-refractivity contribution is 6.35. The van der Waals surface area contributed by atoms with Crippen LogP contribution in [0.15, 0.2) is 42.5 Å². The second-order valence-corrected chi connectivity index (χ2v) is 4.89. The average molecular weight is 313 g/mol. The molecule has 0 aliphatic rings. The third kappa shape index (κ3) is 4.11. The molecule has 6 heteroatoms. The Bertz CT molecular complexity index is 617. The summed E-state index contributed by atoms with van der Waals surface area (Å²) in [5.41, 5.74) is 1.26. The number of rotatable bonds is 3. The van der Waals surface area contributed by atoms with Gasteiger partial charge in [0.15, 0.2) is 0 Å². The summed E-state index contributed by atoms with van der Waals surface area (Å²) in [6, 6.07) is 10.1. The molecule has 0 aromatic heterocycles. The SMILES string of the molecule is O=C(NCc1ccc(Cl)cc1Cl)Nc1ccc(F)cc1. The lowest BCUT2D eigenvalue weighted by molar-refractivity contribution is 0.251. The van der Waals surface area contributed by atoms with E-state index >= 15 is 0 Å². The van der Waals surface area contributed by atoms with Crippen molar-refractivity contribution in [1.82, 2.24) is 5.32 Å². The molecule has 2 aromatic rings. The van der Waals surface area contributed by atoms with Crippen LogP contribution >= 0.6 is 23.2 Å². The van der Waals surface area contributed by atoms with Gasteiger partial charge in [-0.1, -0.05) is 29.3 Å². The smallest absolute Gasteiger partial charge is 0.319 e. The number of anilines is 1. The van der Waals surface area contributed by atoms with Gasteiger partial charge in [0, 0.05) is 22.3 Å². The van der Waals surface area contributed by atoms with Gasteiger partial charge in [-0.25, -0.2) is 9.18 Å². The van der Waals surface area contributed by atoms with E-state index in [9.17, 15) is 9.18 Å². The average Bonchev–Trinajstić information content (AvgIpc) is 2.40. The fraction of sp³-hybridized carbons (Fsp3) is 0.0714. The summed E-state index contributed by atoms with van der Waals surface area (Å²) in [5.74, 6) is -0.357. The number of hydrogen-bond acceptors (Lipinski definition) is 1. The largest absolute Gasteiger partial charge is 0.334 e. The van der Waals surface area contributed by atoms with Gasteiger partial charge >= 0.3 is 6.03 Å². The molecule has 0 bridgehead atoms. The second-order valence-electron chi connectivity index (χ2n) is 4.05. The van der Waals surface area contributed by atoms with Crippen molar-refractivity contribution < 1.29 is 9.18 Å². The van der Waals surface area contributed by atoms with Gasteiger partial charge in [0.1, 0.15) is 5.82 Å². The van der Waals surface area contributed by atoms with Crippen LogP contribution in [0.1, 0.15) is 5.56 Å². The molecule has 0 unspecified atom stereocenters. The fourth-order valence-electron chi connectivity index (χ4n) is 1.55. The number of carbonyl (C=O) groups is 1. The van der Waals surface area contributed by atoms with Crippen molar-refractivity contribution in [1.29, 1.82) is 0 Å². The molecular weight excluding hydrogens is 302 g/mol. The zero-order chi connectivity index (χ0) is 14.5. The van der Waals surface area contributed by atoms with E-state index in [1.807, 2.05) is 0 Å². The predicted molar refractivity (Wildman–Crippen MR) is 78.7 cm³/mol. The van der Waals surface area contributed by atoms with E-state index in [0.717, 1.165) is 5.56 Å². The molecule has 2 aromatic carbocycles. The van der Waals surface area contributed by atoms with E-state index in [4.69, 9.17) is 23.2 Å². The molecule has 0 saturated carbocycles. The molecule has 0 aliphatic carbocycles. The zero-order valence-corrected chi connectivity index (χ0v) is 11.8. The summed E-state index contributed by atoms with van der Waals surface area (Å²) in [4.78, 5) is 11.7. The first-order valence-electron chi connectivity index (χ1n) is 5.79. The Balaban J connectivity index is 1.90. The van der Waals surface area contributed by atoms with Crippen molar-refractivity contribution >= 4 is 34.9 Å². The minimum absolute atomic E-state index is 0.267. The number of nitrogens with one attached hydrogen (secondary N) is 2. The Kier molecular flexibility index (Phi) is 4.82. The highest BCUT2D eigenvalue weighted by Gasteiger charge is 2.05. The predicted octanol–water partition coefficient (Wildman–Crippen LogP) is 4.45. The normalized spacial score (nSPS) is 10.2. The molecule has 0 fully saturated rings.